The number of hydrogen-bond acceptors (Lipinski definition) is 3. The molecule has 1 aliphatic rings. The number of nitrogens with zero attached hydrogens (tertiary/aromatic N) is 2. The predicted octanol–water partition coefficient (Wildman–Crippen LogP) is 2.66. The van der Waals surface area contributed by atoms with Gasteiger partial charge in [-0.25, -0.2) is 5.01 Å². The molecule has 0 bridgehead atoms. The average Bonchev–Trinajstić information content (AvgIpc) is 2.61. The fourth-order valence-corrected chi connectivity index (χ4v) is 2.28. The van der Waals surface area contributed by atoms with Gasteiger partial charge in [-0.15, -0.1) is 0 Å². The second-order valence-electron chi connectivity index (χ2n) is 4.93. The fourth-order valence-electron chi connectivity index (χ4n) is 2.28. The van der Waals surface area contributed by atoms with E-state index in [2.05, 4.69) is 5.10 Å². The Morgan fingerprint density at radius 2 is 1.90 bits per heavy atom. The molecule has 0 fully saturated rings. The van der Waals surface area contributed by atoms with Crippen LogP contribution >= 0.6 is 0 Å². The Bertz CT molecular complexity index is 650. The molecule has 1 amide bonds. The molecule has 0 spiro atoms. The molecule has 0 aliphatic carbocycles. The van der Waals surface area contributed by atoms with Gasteiger partial charge in [-0.1, -0.05) is 6.07 Å². The number of hydrogen-bond donors (Lipinski definition) is 0. The van der Waals surface area contributed by atoms with Crippen LogP contribution in [0.3, 0.4) is 0 Å². The van der Waals surface area contributed by atoms with Crippen molar-refractivity contribution < 1.29 is 22.8 Å². The van der Waals surface area contributed by atoms with E-state index in [-0.39, 0.29) is 11.1 Å². The third-order valence-electron chi connectivity index (χ3n) is 3.37. The summed E-state index contributed by atoms with van der Waals surface area (Å²) in [4.78, 5) is 24.3. The number of Topliss-reactive ketones (excluding diaryl/α,β-unsaturated/α-hetero) is 1. The Morgan fingerprint density at radius 3 is 2.33 bits per heavy atom. The number of carbonyl (C=O) groups is 2. The number of benzene rings is 1. The summed E-state index contributed by atoms with van der Waals surface area (Å²) in [5.74, 6) is -2.06. The van der Waals surface area contributed by atoms with Gasteiger partial charge in [0.2, 0.25) is 0 Å². The third kappa shape index (κ3) is 2.68. The molecule has 0 saturated carbocycles. The van der Waals surface area contributed by atoms with Crippen LogP contribution in [0.1, 0.15) is 28.4 Å². The SMILES string of the molecule is CC1=NN(C)C(=O)C1C(=O)c1ccc(C(F)(F)F)cc1C. The zero-order valence-electron chi connectivity index (χ0n) is 11.7. The first-order valence-electron chi connectivity index (χ1n) is 6.17. The molecule has 0 aromatic heterocycles. The van der Waals surface area contributed by atoms with Crippen molar-refractivity contribution in [3.8, 4) is 0 Å². The van der Waals surface area contributed by atoms with Crippen molar-refractivity contribution in [2.45, 2.75) is 20.0 Å². The Labute approximate surface area is 119 Å². The largest absolute Gasteiger partial charge is 0.416 e. The molecule has 1 aromatic rings. The van der Waals surface area contributed by atoms with Crippen LogP contribution in [0, 0.1) is 12.8 Å². The van der Waals surface area contributed by atoms with E-state index in [0.29, 0.717) is 5.71 Å². The number of carbonyl (C=O) groups excluding carboxylic acids is 2. The molecule has 21 heavy (non-hydrogen) atoms. The zero-order chi connectivity index (χ0) is 15.9. The predicted molar refractivity (Wildman–Crippen MR) is 69.9 cm³/mol. The van der Waals surface area contributed by atoms with Gasteiger partial charge in [0.05, 0.1) is 11.3 Å². The first kappa shape index (κ1) is 15.2. The highest BCUT2D eigenvalue weighted by molar-refractivity contribution is 6.26. The Balaban J connectivity index is 2.38. The van der Waals surface area contributed by atoms with Gasteiger partial charge in [-0.3, -0.25) is 9.59 Å². The highest BCUT2D eigenvalue weighted by Crippen LogP contribution is 2.31. The number of alkyl halides is 3. The molecule has 1 heterocycles. The fraction of sp³-hybridized carbons (Fsp3) is 0.357. The lowest BCUT2D eigenvalue weighted by molar-refractivity contribution is -0.137. The van der Waals surface area contributed by atoms with Gasteiger partial charge in [0.15, 0.2) is 5.78 Å². The van der Waals surface area contributed by atoms with Gasteiger partial charge in [0, 0.05) is 12.6 Å². The highest BCUT2D eigenvalue weighted by Gasteiger charge is 2.38. The first-order chi connectivity index (χ1) is 9.62. The standard InChI is InChI=1S/C14H13F3N2O2/c1-7-6-9(14(15,16)17)4-5-10(7)12(20)11-8(2)18-19(3)13(11)21/h4-6,11H,1-3H3. The van der Waals surface area contributed by atoms with Crippen LogP contribution in [-0.4, -0.2) is 29.5 Å². The molecule has 1 aromatic carbocycles. The van der Waals surface area contributed by atoms with Crippen molar-refractivity contribution in [3.63, 3.8) is 0 Å². The number of hydrazone groups is 1. The number of ketones is 1. The van der Waals surface area contributed by atoms with Crippen LogP contribution in [0.4, 0.5) is 13.2 Å². The number of amides is 1. The van der Waals surface area contributed by atoms with Crippen molar-refractivity contribution in [1.82, 2.24) is 5.01 Å². The summed E-state index contributed by atoms with van der Waals surface area (Å²) in [5, 5.41) is 4.95. The van der Waals surface area contributed by atoms with Crippen molar-refractivity contribution >= 4 is 17.4 Å². The van der Waals surface area contributed by atoms with E-state index < -0.39 is 29.3 Å². The number of rotatable bonds is 2. The summed E-state index contributed by atoms with van der Waals surface area (Å²) in [6.07, 6.45) is -4.47. The third-order valence-corrected chi connectivity index (χ3v) is 3.37. The molecule has 1 aliphatic heterocycles. The van der Waals surface area contributed by atoms with E-state index in [1.165, 1.54) is 14.0 Å². The highest BCUT2D eigenvalue weighted by atomic mass is 19.4. The molecule has 2 rings (SSSR count). The minimum absolute atomic E-state index is 0.103. The van der Waals surface area contributed by atoms with Gasteiger partial charge in [0.25, 0.3) is 5.91 Å². The minimum Gasteiger partial charge on any atom is -0.293 e. The van der Waals surface area contributed by atoms with Crippen molar-refractivity contribution in [3.05, 3.63) is 34.9 Å². The summed E-state index contributed by atoms with van der Waals surface area (Å²) >= 11 is 0. The molecule has 7 heteroatoms. The van der Waals surface area contributed by atoms with Crippen molar-refractivity contribution in [2.75, 3.05) is 7.05 Å². The normalized spacial score (nSPS) is 19.0. The minimum atomic E-state index is -4.47. The van der Waals surface area contributed by atoms with Crippen molar-refractivity contribution in [2.24, 2.45) is 11.0 Å². The molecule has 0 saturated heterocycles. The molecule has 0 N–H and O–H groups in total. The van der Waals surface area contributed by atoms with Crippen LogP contribution in [0.5, 0.6) is 0 Å². The van der Waals surface area contributed by atoms with Crippen LogP contribution in [0.15, 0.2) is 23.3 Å². The van der Waals surface area contributed by atoms with Crippen LogP contribution in [-0.2, 0) is 11.0 Å². The van der Waals surface area contributed by atoms with Gasteiger partial charge in [-0.05, 0) is 31.5 Å². The van der Waals surface area contributed by atoms with E-state index >= 15 is 0 Å². The number of aryl methyl sites for hydroxylation is 1. The Hall–Kier alpha value is -2.18. The summed E-state index contributed by atoms with van der Waals surface area (Å²) in [7, 11) is 1.43. The van der Waals surface area contributed by atoms with Gasteiger partial charge < -0.3 is 0 Å². The van der Waals surface area contributed by atoms with Gasteiger partial charge in [-0.2, -0.15) is 18.3 Å². The molecule has 112 valence electrons. The lowest BCUT2D eigenvalue weighted by Crippen LogP contribution is -2.31. The Kier molecular flexibility index (Phi) is 3.61. The maximum absolute atomic E-state index is 12.6. The topological polar surface area (TPSA) is 49.7 Å². The van der Waals surface area contributed by atoms with E-state index in [0.717, 1.165) is 23.2 Å². The van der Waals surface area contributed by atoms with Crippen LogP contribution in [0.25, 0.3) is 0 Å². The van der Waals surface area contributed by atoms with Gasteiger partial charge in [0.1, 0.15) is 5.92 Å². The monoisotopic (exact) mass is 298 g/mol. The lowest BCUT2D eigenvalue weighted by Gasteiger charge is -2.13. The maximum Gasteiger partial charge on any atom is 0.416 e. The average molecular weight is 298 g/mol. The zero-order valence-corrected chi connectivity index (χ0v) is 11.7. The van der Waals surface area contributed by atoms with E-state index in [9.17, 15) is 22.8 Å². The maximum atomic E-state index is 12.6. The molecule has 1 atom stereocenters. The van der Waals surface area contributed by atoms with E-state index in [1.807, 2.05) is 0 Å². The summed E-state index contributed by atoms with van der Waals surface area (Å²) in [5.41, 5.74) is -0.195. The summed E-state index contributed by atoms with van der Waals surface area (Å²) in [6.45, 7) is 2.96. The molecule has 1 unspecified atom stereocenters. The van der Waals surface area contributed by atoms with Gasteiger partial charge >= 0.3 is 6.18 Å². The second-order valence-corrected chi connectivity index (χ2v) is 4.93. The molecular weight excluding hydrogens is 285 g/mol. The molecule has 0 radical (unpaired) electrons. The molecular formula is C14H13F3N2O2. The molecule has 4 nitrogen and oxygen atoms in total. The Morgan fingerprint density at radius 1 is 1.29 bits per heavy atom. The summed E-state index contributed by atoms with van der Waals surface area (Å²) < 4.78 is 37.8. The quantitative estimate of drug-likeness (QED) is 0.622. The smallest absolute Gasteiger partial charge is 0.293 e. The lowest BCUT2D eigenvalue weighted by atomic mass is 9.90. The van der Waals surface area contributed by atoms with E-state index in [1.54, 1.807) is 6.92 Å². The van der Waals surface area contributed by atoms with Crippen LogP contribution < -0.4 is 0 Å². The van der Waals surface area contributed by atoms with E-state index in [4.69, 9.17) is 0 Å². The second kappa shape index (κ2) is 4.98. The summed E-state index contributed by atoms with van der Waals surface area (Å²) in [6, 6.07) is 2.86. The van der Waals surface area contributed by atoms with Crippen LogP contribution in [0.2, 0.25) is 0 Å². The van der Waals surface area contributed by atoms with Crippen molar-refractivity contribution in [1.29, 1.82) is 0 Å². The number of halogens is 3. The first-order valence-corrected chi connectivity index (χ1v) is 6.17.